The molecule has 0 aliphatic carbocycles. The van der Waals surface area contributed by atoms with Gasteiger partial charge in [-0.1, -0.05) is 0 Å². The van der Waals surface area contributed by atoms with E-state index < -0.39 is 0 Å². The number of hydrogen-bond acceptors (Lipinski definition) is 3. The van der Waals surface area contributed by atoms with Crippen LogP contribution in [0.2, 0.25) is 0 Å². The lowest BCUT2D eigenvalue weighted by molar-refractivity contribution is 0.420. The van der Waals surface area contributed by atoms with E-state index in [1.807, 2.05) is 36.3 Å². The lowest BCUT2D eigenvalue weighted by Gasteiger charge is -2.19. The Bertz CT molecular complexity index is 523. The maximum atomic E-state index is 4.54. The van der Waals surface area contributed by atoms with Crippen molar-refractivity contribution < 1.29 is 0 Å². The molecule has 0 amide bonds. The molecule has 2 aromatic rings. The molecule has 0 aromatic carbocycles. The van der Waals surface area contributed by atoms with Crippen molar-refractivity contribution in [2.45, 2.75) is 39.8 Å². The first-order chi connectivity index (χ1) is 8.44. The van der Waals surface area contributed by atoms with E-state index in [4.69, 9.17) is 0 Å². The fourth-order valence-corrected chi connectivity index (χ4v) is 1.62. The third kappa shape index (κ3) is 3.40. The highest BCUT2D eigenvalue weighted by molar-refractivity contribution is 5.30. The predicted octanol–water partition coefficient (Wildman–Crippen LogP) is 2.46. The zero-order valence-electron chi connectivity index (χ0n) is 11.4. The SMILES string of the molecule is Cc1cncc(-n2ccc(CNC(C)(C)C)n2)c1. The maximum absolute atomic E-state index is 4.54. The normalized spacial score (nSPS) is 11.8. The van der Waals surface area contributed by atoms with Gasteiger partial charge in [-0.2, -0.15) is 5.10 Å². The average molecular weight is 244 g/mol. The molecule has 0 bridgehead atoms. The van der Waals surface area contributed by atoms with Gasteiger partial charge in [0, 0.05) is 24.5 Å². The summed E-state index contributed by atoms with van der Waals surface area (Å²) in [7, 11) is 0. The van der Waals surface area contributed by atoms with E-state index in [9.17, 15) is 0 Å². The topological polar surface area (TPSA) is 42.7 Å². The first kappa shape index (κ1) is 12.8. The molecule has 0 saturated carbocycles. The summed E-state index contributed by atoms with van der Waals surface area (Å²) in [6.07, 6.45) is 5.63. The van der Waals surface area contributed by atoms with Crippen molar-refractivity contribution in [2.75, 3.05) is 0 Å². The van der Waals surface area contributed by atoms with Crippen LogP contribution in [-0.4, -0.2) is 20.3 Å². The zero-order chi connectivity index (χ0) is 13.2. The van der Waals surface area contributed by atoms with Crippen LogP contribution in [-0.2, 0) is 6.54 Å². The molecular weight excluding hydrogens is 224 g/mol. The summed E-state index contributed by atoms with van der Waals surface area (Å²) in [6, 6.07) is 4.10. The van der Waals surface area contributed by atoms with Gasteiger partial charge in [0.2, 0.25) is 0 Å². The van der Waals surface area contributed by atoms with E-state index in [0.717, 1.165) is 23.5 Å². The van der Waals surface area contributed by atoms with Crippen LogP contribution in [0.5, 0.6) is 0 Å². The minimum Gasteiger partial charge on any atom is -0.306 e. The Labute approximate surface area is 108 Å². The highest BCUT2D eigenvalue weighted by Gasteiger charge is 2.09. The molecule has 18 heavy (non-hydrogen) atoms. The lowest BCUT2D eigenvalue weighted by atomic mass is 10.1. The lowest BCUT2D eigenvalue weighted by Crippen LogP contribution is -2.35. The van der Waals surface area contributed by atoms with Crippen molar-refractivity contribution in [1.29, 1.82) is 0 Å². The minimum atomic E-state index is 0.106. The molecule has 4 nitrogen and oxygen atoms in total. The Balaban J connectivity index is 2.11. The fraction of sp³-hybridized carbons (Fsp3) is 0.429. The monoisotopic (exact) mass is 244 g/mol. The third-order valence-corrected chi connectivity index (χ3v) is 2.57. The summed E-state index contributed by atoms with van der Waals surface area (Å²) in [4.78, 5) is 4.18. The first-order valence-electron chi connectivity index (χ1n) is 6.16. The van der Waals surface area contributed by atoms with E-state index >= 15 is 0 Å². The highest BCUT2D eigenvalue weighted by Crippen LogP contribution is 2.09. The summed E-state index contributed by atoms with van der Waals surface area (Å²) in [5, 5.41) is 7.96. The van der Waals surface area contributed by atoms with Crippen LogP contribution in [0.25, 0.3) is 5.69 Å². The van der Waals surface area contributed by atoms with Crippen LogP contribution < -0.4 is 5.32 Å². The van der Waals surface area contributed by atoms with E-state index in [0.29, 0.717) is 0 Å². The molecule has 2 heterocycles. The largest absolute Gasteiger partial charge is 0.306 e. The van der Waals surface area contributed by atoms with Gasteiger partial charge in [-0.25, -0.2) is 4.68 Å². The number of aryl methyl sites for hydroxylation is 1. The fourth-order valence-electron chi connectivity index (χ4n) is 1.62. The quantitative estimate of drug-likeness (QED) is 0.902. The van der Waals surface area contributed by atoms with Gasteiger partial charge in [-0.05, 0) is 45.4 Å². The van der Waals surface area contributed by atoms with Gasteiger partial charge in [0.05, 0.1) is 17.6 Å². The molecule has 0 atom stereocenters. The van der Waals surface area contributed by atoms with Crippen molar-refractivity contribution in [3.8, 4) is 5.69 Å². The number of hydrogen-bond donors (Lipinski definition) is 1. The number of pyridine rings is 1. The van der Waals surface area contributed by atoms with Crippen molar-refractivity contribution in [3.63, 3.8) is 0 Å². The van der Waals surface area contributed by atoms with Crippen molar-refractivity contribution in [1.82, 2.24) is 20.1 Å². The molecule has 2 rings (SSSR count). The van der Waals surface area contributed by atoms with E-state index in [-0.39, 0.29) is 5.54 Å². The summed E-state index contributed by atoms with van der Waals surface area (Å²) >= 11 is 0. The van der Waals surface area contributed by atoms with Crippen LogP contribution in [0, 0.1) is 6.92 Å². The second-order valence-corrected chi connectivity index (χ2v) is 5.58. The first-order valence-corrected chi connectivity index (χ1v) is 6.16. The Hall–Kier alpha value is -1.68. The molecule has 0 radical (unpaired) electrons. The number of nitrogens with zero attached hydrogens (tertiary/aromatic N) is 3. The molecule has 96 valence electrons. The van der Waals surface area contributed by atoms with Crippen molar-refractivity contribution in [3.05, 3.63) is 42.0 Å². The Morgan fingerprint density at radius 2 is 2.06 bits per heavy atom. The Kier molecular flexibility index (Phi) is 3.48. The molecule has 1 N–H and O–H groups in total. The summed E-state index contributed by atoms with van der Waals surface area (Å²) in [5.41, 5.74) is 3.27. The van der Waals surface area contributed by atoms with Crippen LogP contribution in [0.4, 0.5) is 0 Å². The summed E-state index contributed by atoms with van der Waals surface area (Å²) in [5.74, 6) is 0. The van der Waals surface area contributed by atoms with Gasteiger partial charge in [0.25, 0.3) is 0 Å². The molecule has 0 unspecified atom stereocenters. The summed E-state index contributed by atoms with van der Waals surface area (Å²) in [6.45, 7) is 9.25. The molecule has 0 fully saturated rings. The Morgan fingerprint density at radius 3 is 2.72 bits per heavy atom. The van der Waals surface area contributed by atoms with Gasteiger partial charge in [0.15, 0.2) is 0 Å². The second kappa shape index (κ2) is 4.90. The van der Waals surface area contributed by atoms with E-state index in [2.05, 4.69) is 42.2 Å². The minimum absolute atomic E-state index is 0.106. The molecule has 0 aliphatic rings. The van der Waals surface area contributed by atoms with Crippen LogP contribution in [0.1, 0.15) is 32.0 Å². The van der Waals surface area contributed by atoms with Crippen LogP contribution in [0.3, 0.4) is 0 Å². The average Bonchev–Trinajstić information content (AvgIpc) is 2.74. The molecular formula is C14H20N4. The third-order valence-electron chi connectivity index (χ3n) is 2.57. The van der Waals surface area contributed by atoms with E-state index in [1.54, 1.807) is 0 Å². The van der Waals surface area contributed by atoms with Crippen LogP contribution in [0.15, 0.2) is 30.7 Å². The van der Waals surface area contributed by atoms with Crippen LogP contribution >= 0.6 is 0 Å². The summed E-state index contributed by atoms with van der Waals surface area (Å²) < 4.78 is 1.86. The maximum Gasteiger partial charge on any atom is 0.0831 e. The standard InChI is InChI=1S/C14H20N4/c1-11-7-13(10-15-8-11)18-6-5-12(17-18)9-16-14(2,3)4/h5-8,10,16H,9H2,1-4H3. The van der Waals surface area contributed by atoms with Crippen molar-refractivity contribution >= 4 is 0 Å². The Morgan fingerprint density at radius 1 is 1.28 bits per heavy atom. The van der Waals surface area contributed by atoms with Gasteiger partial charge in [-0.3, -0.25) is 4.98 Å². The molecule has 0 spiro atoms. The number of rotatable bonds is 3. The second-order valence-electron chi connectivity index (χ2n) is 5.58. The van der Waals surface area contributed by atoms with E-state index in [1.165, 1.54) is 0 Å². The molecule has 4 heteroatoms. The zero-order valence-corrected chi connectivity index (χ0v) is 11.4. The molecule has 2 aromatic heterocycles. The highest BCUT2D eigenvalue weighted by atomic mass is 15.3. The molecule has 0 saturated heterocycles. The van der Waals surface area contributed by atoms with Gasteiger partial charge in [0.1, 0.15) is 0 Å². The van der Waals surface area contributed by atoms with Crippen molar-refractivity contribution in [2.24, 2.45) is 0 Å². The number of aromatic nitrogens is 3. The predicted molar refractivity (Wildman–Crippen MR) is 72.7 cm³/mol. The van der Waals surface area contributed by atoms with Gasteiger partial charge >= 0.3 is 0 Å². The molecule has 0 aliphatic heterocycles. The van der Waals surface area contributed by atoms with Gasteiger partial charge in [-0.15, -0.1) is 0 Å². The number of nitrogens with one attached hydrogen (secondary N) is 1. The van der Waals surface area contributed by atoms with Gasteiger partial charge < -0.3 is 5.32 Å². The smallest absolute Gasteiger partial charge is 0.0831 e.